The van der Waals surface area contributed by atoms with Gasteiger partial charge < -0.3 is 10.6 Å². The molecule has 1 amide bonds. The van der Waals surface area contributed by atoms with Crippen molar-refractivity contribution < 1.29 is 4.79 Å². The van der Waals surface area contributed by atoms with E-state index in [4.69, 9.17) is 0 Å². The summed E-state index contributed by atoms with van der Waals surface area (Å²) < 4.78 is 0. The van der Waals surface area contributed by atoms with E-state index in [2.05, 4.69) is 34.9 Å². The zero-order valence-electron chi connectivity index (χ0n) is 12.4. The molecule has 0 saturated carbocycles. The SMILES string of the molecule is O=C(NCCCCNCc1ccccc1)C1C=CC=CC1. The van der Waals surface area contributed by atoms with E-state index in [9.17, 15) is 4.79 Å². The van der Waals surface area contributed by atoms with E-state index in [-0.39, 0.29) is 11.8 Å². The Morgan fingerprint density at radius 3 is 2.67 bits per heavy atom. The van der Waals surface area contributed by atoms with E-state index in [0.29, 0.717) is 0 Å². The third-order valence-electron chi connectivity index (χ3n) is 3.57. The summed E-state index contributed by atoms with van der Waals surface area (Å²) in [5, 5.41) is 6.43. The van der Waals surface area contributed by atoms with Crippen molar-refractivity contribution in [1.29, 1.82) is 0 Å². The summed E-state index contributed by atoms with van der Waals surface area (Å²) in [6, 6.07) is 10.4. The van der Waals surface area contributed by atoms with Gasteiger partial charge in [0.2, 0.25) is 5.91 Å². The van der Waals surface area contributed by atoms with Crippen LogP contribution in [-0.4, -0.2) is 19.0 Å². The van der Waals surface area contributed by atoms with Crippen molar-refractivity contribution in [3.8, 4) is 0 Å². The van der Waals surface area contributed by atoms with Crippen molar-refractivity contribution >= 4 is 5.91 Å². The quantitative estimate of drug-likeness (QED) is 0.721. The average molecular weight is 284 g/mol. The summed E-state index contributed by atoms with van der Waals surface area (Å²) in [4.78, 5) is 11.9. The molecule has 0 saturated heterocycles. The lowest BCUT2D eigenvalue weighted by molar-refractivity contribution is -0.123. The predicted octanol–water partition coefficient (Wildman–Crippen LogP) is 2.80. The van der Waals surface area contributed by atoms with Crippen LogP contribution in [0.2, 0.25) is 0 Å². The van der Waals surface area contributed by atoms with Crippen LogP contribution in [0.15, 0.2) is 54.6 Å². The van der Waals surface area contributed by atoms with Gasteiger partial charge in [-0.3, -0.25) is 4.79 Å². The van der Waals surface area contributed by atoms with Crippen molar-refractivity contribution in [3.05, 3.63) is 60.2 Å². The molecule has 0 heterocycles. The van der Waals surface area contributed by atoms with E-state index >= 15 is 0 Å². The van der Waals surface area contributed by atoms with Crippen LogP contribution in [-0.2, 0) is 11.3 Å². The average Bonchev–Trinajstić information content (AvgIpc) is 2.55. The van der Waals surface area contributed by atoms with Crippen molar-refractivity contribution in [2.75, 3.05) is 13.1 Å². The molecule has 3 nitrogen and oxygen atoms in total. The molecule has 0 fully saturated rings. The van der Waals surface area contributed by atoms with Gasteiger partial charge in [-0.15, -0.1) is 0 Å². The van der Waals surface area contributed by atoms with Crippen LogP contribution in [0.5, 0.6) is 0 Å². The minimum Gasteiger partial charge on any atom is -0.356 e. The Bertz CT molecular complexity index is 479. The van der Waals surface area contributed by atoms with E-state index in [1.807, 2.05) is 30.4 Å². The highest BCUT2D eigenvalue weighted by Gasteiger charge is 2.13. The zero-order valence-corrected chi connectivity index (χ0v) is 12.4. The maximum Gasteiger partial charge on any atom is 0.227 e. The fraction of sp³-hybridized carbons (Fsp3) is 0.389. The molecule has 1 unspecified atom stereocenters. The van der Waals surface area contributed by atoms with Gasteiger partial charge in [0.25, 0.3) is 0 Å². The number of amides is 1. The maximum atomic E-state index is 11.9. The molecule has 0 radical (unpaired) electrons. The highest BCUT2D eigenvalue weighted by molar-refractivity contribution is 5.80. The summed E-state index contributed by atoms with van der Waals surface area (Å²) >= 11 is 0. The standard InChI is InChI=1S/C18H24N2O/c21-18(17-11-5-2-6-12-17)20-14-8-7-13-19-15-16-9-3-1-4-10-16/h1-6,9-11,17,19H,7-8,12-15H2,(H,20,21). The van der Waals surface area contributed by atoms with Crippen LogP contribution in [0, 0.1) is 5.92 Å². The van der Waals surface area contributed by atoms with Crippen LogP contribution in [0.25, 0.3) is 0 Å². The minimum atomic E-state index is 0.0196. The number of hydrogen-bond donors (Lipinski definition) is 2. The minimum absolute atomic E-state index is 0.0196. The first-order valence-corrected chi connectivity index (χ1v) is 7.72. The summed E-state index contributed by atoms with van der Waals surface area (Å²) in [5.41, 5.74) is 1.31. The summed E-state index contributed by atoms with van der Waals surface area (Å²) in [7, 11) is 0. The summed E-state index contributed by atoms with van der Waals surface area (Å²) in [6.07, 6.45) is 10.9. The Morgan fingerprint density at radius 1 is 1.10 bits per heavy atom. The molecular formula is C18H24N2O. The van der Waals surface area contributed by atoms with Crippen molar-refractivity contribution in [2.24, 2.45) is 5.92 Å². The van der Waals surface area contributed by atoms with Gasteiger partial charge >= 0.3 is 0 Å². The second kappa shape index (κ2) is 9.14. The Kier molecular flexibility index (Phi) is 6.75. The number of rotatable bonds is 8. The molecule has 0 spiro atoms. The van der Waals surface area contributed by atoms with Gasteiger partial charge in [0.1, 0.15) is 0 Å². The molecule has 0 aromatic heterocycles. The van der Waals surface area contributed by atoms with Gasteiger partial charge in [-0.1, -0.05) is 54.6 Å². The Morgan fingerprint density at radius 2 is 1.90 bits per heavy atom. The van der Waals surface area contributed by atoms with Crippen molar-refractivity contribution in [1.82, 2.24) is 10.6 Å². The molecule has 1 aliphatic carbocycles. The van der Waals surface area contributed by atoms with Crippen molar-refractivity contribution in [2.45, 2.75) is 25.8 Å². The van der Waals surface area contributed by atoms with E-state index in [0.717, 1.165) is 38.9 Å². The summed E-state index contributed by atoms with van der Waals surface area (Å²) in [6.45, 7) is 2.66. The van der Waals surface area contributed by atoms with Gasteiger partial charge in [0.15, 0.2) is 0 Å². The molecule has 112 valence electrons. The second-order valence-electron chi connectivity index (χ2n) is 5.32. The van der Waals surface area contributed by atoms with Crippen LogP contribution in [0.4, 0.5) is 0 Å². The zero-order chi connectivity index (χ0) is 14.8. The molecule has 0 bridgehead atoms. The number of hydrogen-bond acceptors (Lipinski definition) is 2. The Hall–Kier alpha value is -1.87. The highest BCUT2D eigenvalue weighted by Crippen LogP contribution is 2.11. The predicted molar refractivity (Wildman–Crippen MR) is 86.8 cm³/mol. The molecule has 0 aliphatic heterocycles. The molecular weight excluding hydrogens is 260 g/mol. The number of allylic oxidation sites excluding steroid dienone is 3. The number of benzene rings is 1. The fourth-order valence-electron chi connectivity index (χ4n) is 2.32. The van der Waals surface area contributed by atoms with Crippen LogP contribution >= 0.6 is 0 Å². The summed E-state index contributed by atoms with van der Waals surface area (Å²) in [5.74, 6) is 0.166. The Balaban J connectivity index is 1.47. The second-order valence-corrected chi connectivity index (χ2v) is 5.32. The van der Waals surface area contributed by atoms with Gasteiger partial charge in [0.05, 0.1) is 5.92 Å². The van der Waals surface area contributed by atoms with E-state index in [1.165, 1.54) is 5.56 Å². The fourth-order valence-corrected chi connectivity index (χ4v) is 2.32. The monoisotopic (exact) mass is 284 g/mol. The smallest absolute Gasteiger partial charge is 0.227 e. The first-order chi connectivity index (χ1) is 10.4. The van der Waals surface area contributed by atoms with Gasteiger partial charge in [-0.2, -0.15) is 0 Å². The number of unbranched alkanes of at least 4 members (excludes halogenated alkanes) is 1. The molecule has 1 aliphatic rings. The molecule has 1 atom stereocenters. The number of carbonyl (C=O) groups excluding carboxylic acids is 1. The molecule has 21 heavy (non-hydrogen) atoms. The van der Waals surface area contributed by atoms with Crippen LogP contribution in [0.3, 0.4) is 0 Å². The van der Waals surface area contributed by atoms with Crippen LogP contribution < -0.4 is 10.6 Å². The topological polar surface area (TPSA) is 41.1 Å². The molecule has 2 rings (SSSR count). The third kappa shape index (κ3) is 5.96. The maximum absolute atomic E-state index is 11.9. The molecule has 2 N–H and O–H groups in total. The van der Waals surface area contributed by atoms with E-state index < -0.39 is 0 Å². The van der Waals surface area contributed by atoms with Gasteiger partial charge in [-0.25, -0.2) is 0 Å². The molecule has 3 heteroatoms. The lowest BCUT2D eigenvalue weighted by Gasteiger charge is -2.13. The van der Waals surface area contributed by atoms with Gasteiger partial charge in [0, 0.05) is 13.1 Å². The third-order valence-corrected chi connectivity index (χ3v) is 3.57. The normalized spacial score (nSPS) is 16.9. The molecule has 1 aromatic rings. The van der Waals surface area contributed by atoms with Crippen molar-refractivity contribution in [3.63, 3.8) is 0 Å². The lowest BCUT2D eigenvalue weighted by atomic mass is 10.0. The van der Waals surface area contributed by atoms with Crippen LogP contribution in [0.1, 0.15) is 24.8 Å². The highest BCUT2D eigenvalue weighted by atomic mass is 16.1. The first kappa shape index (κ1) is 15.5. The van der Waals surface area contributed by atoms with E-state index in [1.54, 1.807) is 0 Å². The number of nitrogens with one attached hydrogen (secondary N) is 2. The Labute approximate surface area is 127 Å². The molecule has 1 aromatic carbocycles. The lowest BCUT2D eigenvalue weighted by Crippen LogP contribution is -2.31. The first-order valence-electron chi connectivity index (χ1n) is 7.72. The largest absolute Gasteiger partial charge is 0.356 e. The number of carbonyl (C=O) groups is 1. The van der Waals surface area contributed by atoms with Gasteiger partial charge in [-0.05, 0) is 31.4 Å².